The van der Waals surface area contributed by atoms with Gasteiger partial charge in [-0.1, -0.05) is 32.0 Å². The molecule has 0 aliphatic rings. The van der Waals surface area contributed by atoms with E-state index in [0.29, 0.717) is 11.5 Å². The van der Waals surface area contributed by atoms with E-state index in [9.17, 15) is 4.79 Å². The maximum Gasteiger partial charge on any atom is 0.251 e. The van der Waals surface area contributed by atoms with Crippen LogP contribution in [0.5, 0.6) is 5.75 Å². The number of hydrogen-bond acceptors (Lipinski definition) is 3. The van der Waals surface area contributed by atoms with Gasteiger partial charge in [-0.3, -0.25) is 4.79 Å². The number of nitrogens with one attached hydrogen (secondary N) is 1. The third-order valence-corrected chi connectivity index (χ3v) is 2.90. The second-order valence-corrected chi connectivity index (χ2v) is 4.79. The third kappa shape index (κ3) is 3.35. The molecule has 20 heavy (non-hydrogen) atoms. The van der Waals surface area contributed by atoms with Crippen molar-refractivity contribution in [3.8, 4) is 5.75 Å². The largest absolute Gasteiger partial charge is 0.496 e. The lowest BCUT2D eigenvalue weighted by molar-refractivity contribution is 0.414. The van der Waals surface area contributed by atoms with Crippen molar-refractivity contribution in [2.45, 2.75) is 19.8 Å². The standard InChI is InChI=1S/C16H18N2O2/c1-11(2)16-17-13(10-15(19)18-16)9-8-12-6-4-5-7-14(12)20-3/h4-11H,1-3H3,(H,17,18,19)/b9-8+. The van der Waals surface area contributed by atoms with Crippen molar-refractivity contribution in [2.24, 2.45) is 0 Å². The Morgan fingerprint density at radius 1 is 1.25 bits per heavy atom. The molecule has 0 fully saturated rings. The maximum absolute atomic E-state index is 11.6. The first-order chi connectivity index (χ1) is 9.60. The molecule has 0 bridgehead atoms. The average Bonchev–Trinajstić information content (AvgIpc) is 2.44. The molecule has 4 nitrogen and oxygen atoms in total. The number of hydrogen-bond donors (Lipinski definition) is 1. The van der Waals surface area contributed by atoms with Gasteiger partial charge in [0.25, 0.3) is 5.56 Å². The molecule has 0 atom stereocenters. The highest BCUT2D eigenvalue weighted by molar-refractivity contribution is 5.71. The van der Waals surface area contributed by atoms with Crippen LogP contribution in [0.2, 0.25) is 0 Å². The quantitative estimate of drug-likeness (QED) is 0.929. The molecule has 104 valence electrons. The normalized spacial score (nSPS) is 11.2. The van der Waals surface area contributed by atoms with Crippen LogP contribution in [-0.2, 0) is 0 Å². The molecule has 1 N–H and O–H groups in total. The Balaban J connectivity index is 2.34. The first-order valence-corrected chi connectivity index (χ1v) is 6.52. The molecule has 0 aliphatic heterocycles. The van der Waals surface area contributed by atoms with Crippen LogP contribution in [0.15, 0.2) is 35.1 Å². The summed E-state index contributed by atoms with van der Waals surface area (Å²) >= 11 is 0. The van der Waals surface area contributed by atoms with E-state index in [1.165, 1.54) is 6.07 Å². The molecular formula is C16H18N2O2. The van der Waals surface area contributed by atoms with Crippen LogP contribution in [0.1, 0.15) is 36.8 Å². The topological polar surface area (TPSA) is 55.0 Å². The Labute approximate surface area is 118 Å². The van der Waals surface area contributed by atoms with Crippen molar-refractivity contribution < 1.29 is 4.74 Å². The fourth-order valence-electron chi connectivity index (χ4n) is 1.83. The highest BCUT2D eigenvalue weighted by Crippen LogP contribution is 2.19. The SMILES string of the molecule is COc1ccccc1/C=C/c1cc(=O)[nH]c(C(C)C)n1. The first-order valence-electron chi connectivity index (χ1n) is 6.52. The van der Waals surface area contributed by atoms with E-state index in [2.05, 4.69) is 9.97 Å². The number of ether oxygens (including phenoxy) is 1. The van der Waals surface area contributed by atoms with Gasteiger partial charge in [-0.25, -0.2) is 4.98 Å². The zero-order valence-electron chi connectivity index (χ0n) is 11.9. The Bertz CT molecular complexity index is 672. The second-order valence-electron chi connectivity index (χ2n) is 4.79. The number of nitrogens with zero attached hydrogens (tertiary/aromatic N) is 1. The molecular weight excluding hydrogens is 252 g/mol. The number of rotatable bonds is 4. The number of para-hydroxylation sites is 1. The van der Waals surface area contributed by atoms with E-state index in [4.69, 9.17) is 4.74 Å². The summed E-state index contributed by atoms with van der Waals surface area (Å²) in [6.45, 7) is 3.98. The fraction of sp³-hybridized carbons (Fsp3) is 0.250. The van der Waals surface area contributed by atoms with E-state index < -0.39 is 0 Å². The van der Waals surface area contributed by atoms with E-state index in [0.717, 1.165) is 11.3 Å². The molecule has 0 spiro atoms. The Morgan fingerprint density at radius 2 is 2.00 bits per heavy atom. The van der Waals surface area contributed by atoms with Gasteiger partial charge in [-0.05, 0) is 18.2 Å². The zero-order chi connectivity index (χ0) is 14.5. The van der Waals surface area contributed by atoms with Gasteiger partial charge in [0.15, 0.2) is 0 Å². The van der Waals surface area contributed by atoms with E-state index in [1.807, 2.05) is 50.3 Å². The summed E-state index contributed by atoms with van der Waals surface area (Å²) in [5.41, 5.74) is 1.45. The number of aromatic amines is 1. The first kappa shape index (κ1) is 14.1. The Morgan fingerprint density at radius 3 is 2.70 bits per heavy atom. The summed E-state index contributed by atoms with van der Waals surface area (Å²) < 4.78 is 5.28. The van der Waals surface area contributed by atoms with E-state index in [1.54, 1.807) is 7.11 Å². The van der Waals surface area contributed by atoms with Gasteiger partial charge in [0.05, 0.1) is 12.8 Å². The summed E-state index contributed by atoms with van der Waals surface area (Å²) in [6, 6.07) is 9.18. The molecule has 0 unspecified atom stereocenters. The summed E-state index contributed by atoms with van der Waals surface area (Å²) in [4.78, 5) is 18.8. The minimum absolute atomic E-state index is 0.136. The predicted octanol–water partition coefficient (Wildman–Crippen LogP) is 3.07. The molecule has 0 radical (unpaired) electrons. The predicted molar refractivity (Wildman–Crippen MR) is 80.9 cm³/mol. The van der Waals surface area contributed by atoms with Crippen molar-refractivity contribution in [1.29, 1.82) is 0 Å². The van der Waals surface area contributed by atoms with Crippen molar-refractivity contribution in [3.63, 3.8) is 0 Å². The highest BCUT2D eigenvalue weighted by Gasteiger charge is 2.03. The molecule has 1 aromatic carbocycles. The fourth-order valence-corrected chi connectivity index (χ4v) is 1.83. The molecule has 0 aliphatic carbocycles. The number of aromatic nitrogens is 2. The van der Waals surface area contributed by atoms with E-state index >= 15 is 0 Å². The number of methoxy groups -OCH3 is 1. The third-order valence-electron chi connectivity index (χ3n) is 2.90. The van der Waals surface area contributed by atoms with Crippen molar-refractivity contribution in [2.75, 3.05) is 7.11 Å². The molecule has 2 rings (SSSR count). The summed E-state index contributed by atoms with van der Waals surface area (Å²) in [6.07, 6.45) is 3.71. The molecule has 0 saturated carbocycles. The van der Waals surface area contributed by atoms with Crippen LogP contribution in [0.25, 0.3) is 12.2 Å². The monoisotopic (exact) mass is 270 g/mol. The lowest BCUT2D eigenvalue weighted by atomic mass is 10.1. The molecule has 1 heterocycles. The highest BCUT2D eigenvalue weighted by atomic mass is 16.5. The van der Waals surface area contributed by atoms with Crippen LogP contribution in [0, 0.1) is 0 Å². The van der Waals surface area contributed by atoms with Gasteiger partial charge in [-0.15, -0.1) is 0 Å². The van der Waals surface area contributed by atoms with Gasteiger partial charge in [0.1, 0.15) is 11.6 Å². The van der Waals surface area contributed by atoms with Gasteiger partial charge in [-0.2, -0.15) is 0 Å². The average molecular weight is 270 g/mol. The minimum Gasteiger partial charge on any atom is -0.496 e. The summed E-state index contributed by atoms with van der Waals surface area (Å²) in [5.74, 6) is 1.66. The summed E-state index contributed by atoms with van der Waals surface area (Å²) in [7, 11) is 1.63. The molecule has 4 heteroatoms. The second kappa shape index (κ2) is 6.19. The van der Waals surface area contributed by atoms with Crippen LogP contribution in [-0.4, -0.2) is 17.1 Å². The van der Waals surface area contributed by atoms with E-state index in [-0.39, 0.29) is 11.5 Å². The molecule has 0 saturated heterocycles. The van der Waals surface area contributed by atoms with Crippen LogP contribution in [0.3, 0.4) is 0 Å². The lowest BCUT2D eigenvalue weighted by Gasteiger charge is -2.05. The number of H-pyrrole nitrogens is 1. The molecule has 0 amide bonds. The Kier molecular flexibility index (Phi) is 4.35. The van der Waals surface area contributed by atoms with Gasteiger partial charge in [0, 0.05) is 17.5 Å². The van der Waals surface area contributed by atoms with Gasteiger partial charge in [0.2, 0.25) is 0 Å². The zero-order valence-corrected chi connectivity index (χ0v) is 11.9. The minimum atomic E-state index is -0.136. The van der Waals surface area contributed by atoms with Crippen molar-refractivity contribution in [3.05, 3.63) is 57.8 Å². The molecule has 1 aromatic heterocycles. The van der Waals surface area contributed by atoms with Crippen molar-refractivity contribution >= 4 is 12.2 Å². The summed E-state index contributed by atoms with van der Waals surface area (Å²) in [5, 5.41) is 0. The van der Waals surface area contributed by atoms with Crippen LogP contribution >= 0.6 is 0 Å². The van der Waals surface area contributed by atoms with Crippen LogP contribution < -0.4 is 10.3 Å². The Hall–Kier alpha value is -2.36. The van der Waals surface area contributed by atoms with Gasteiger partial charge >= 0.3 is 0 Å². The lowest BCUT2D eigenvalue weighted by Crippen LogP contribution is -2.12. The number of benzene rings is 1. The van der Waals surface area contributed by atoms with Crippen molar-refractivity contribution in [1.82, 2.24) is 9.97 Å². The van der Waals surface area contributed by atoms with Gasteiger partial charge < -0.3 is 9.72 Å². The molecule has 2 aromatic rings. The maximum atomic E-state index is 11.6. The smallest absolute Gasteiger partial charge is 0.251 e. The van der Waals surface area contributed by atoms with Crippen LogP contribution in [0.4, 0.5) is 0 Å².